The molecule has 0 saturated heterocycles. The van der Waals surface area contributed by atoms with E-state index in [0.29, 0.717) is 18.2 Å². The van der Waals surface area contributed by atoms with Crippen LogP contribution in [-0.2, 0) is 11.2 Å². The molecule has 0 aliphatic carbocycles. The van der Waals surface area contributed by atoms with Gasteiger partial charge in [0.25, 0.3) is 0 Å². The smallest absolute Gasteiger partial charge is 0.228 e. The maximum atomic E-state index is 12.3. The number of anilines is 1. The van der Waals surface area contributed by atoms with Gasteiger partial charge >= 0.3 is 0 Å². The first-order valence-corrected chi connectivity index (χ1v) is 9.43. The molecule has 1 N–H and O–H groups in total. The average molecular weight is 370 g/mol. The van der Waals surface area contributed by atoms with E-state index in [4.69, 9.17) is 4.42 Å². The predicted octanol–water partition coefficient (Wildman–Crippen LogP) is 5.80. The first kappa shape index (κ1) is 18.0. The number of carbonyl (C=O) groups excluding carboxylic acids is 1. The molecule has 0 aliphatic heterocycles. The molecule has 1 aromatic heterocycles. The number of nitrogens with zero attached hydrogens (tertiary/aromatic N) is 1. The molecule has 0 spiro atoms. The standard InChI is InChI=1S/C24H22N2O2/c1-16(2)18-11-12-22-21(15-18)26-24(28-22)19-9-6-10-20(14-19)25-23(27)13-17-7-4-3-5-8-17/h3-12,14-16H,13H2,1-2H3,(H,25,27). The fourth-order valence-electron chi connectivity index (χ4n) is 3.14. The zero-order chi connectivity index (χ0) is 19.5. The van der Waals surface area contributed by atoms with Crippen LogP contribution in [0.4, 0.5) is 5.69 Å². The first-order chi connectivity index (χ1) is 13.6. The van der Waals surface area contributed by atoms with Crippen LogP contribution < -0.4 is 5.32 Å². The molecule has 0 aliphatic rings. The van der Waals surface area contributed by atoms with Crippen molar-refractivity contribution in [1.29, 1.82) is 0 Å². The van der Waals surface area contributed by atoms with Gasteiger partial charge in [0.05, 0.1) is 6.42 Å². The second-order valence-corrected chi connectivity index (χ2v) is 7.19. The van der Waals surface area contributed by atoms with Crippen molar-refractivity contribution in [3.05, 3.63) is 83.9 Å². The van der Waals surface area contributed by atoms with Gasteiger partial charge in [-0.3, -0.25) is 4.79 Å². The van der Waals surface area contributed by atoms with Crippen molar-refractivity contribution in [2.24, 2.45) is 0 Å². The lowest BCUT2D eigenvalue weighted by Crippen LogP contribution is -2.14. The molecule has 4 rings (SSSR count). The number of rotatable bonds is 5. The second kappa shape index (κ2) is 7.69. The maximum Gasteiger partial charge on any atom is 0.228 e. The minimum Gasteiger partial charge on any atom is -0.436 e. The van der Waals surface area contributed by atoms with Crippen LogP contribution >= 0.6 is 0 Å². The quantitative estimate of drug-likeness (QED) is 0.483. The number of hydrogen-bond donors (Lipinski definition) is 1. The largest absolute Gasteiger partial charge is 0.436 e. The van der Waals surface area contributed by atoms with Gasteiger partial charge in [0, 0.05) is 11.3 Å². The van der Waals surface area contributed by atoms with E-state index in [1.807, 2.05) is 60.7 Å². The Balaban J connectivity index is 1.55. The monoisotopic (exact) mass is 370 g/mol. The van der Waals surface area contributed by atoms with E-state index in [1.165, 1.54) is 5.56 Å². The number of hydrogen-bond acceptors (Lipinski definition) is 3. The number of aromatic nitrogens is 1. The summed E-state index contributed by atoms with van der Waals surface area (Å²) >= 11 is 0. The second-order valence-electron chi connectivity index (χ2n) is 7.19. The van der Waals surface area contributed by atoms with Crippen LogP contribution in [0.5, 0.6) is 0 Å². The van der Waals surface area contributed by atoms with Gasteiger partial charge in [0.1, 0.15) is 5.52 Å². The van der Waals surface area contributed by atoms with Crippen molar-refractivity contribution in [1.82, 2.24) is 4.98 Å². The van der Waals surface area contributed by atoms with Crippen molar-refractivity contribution in [3.63, 3.8) is 0 Å². The van der Waals surface area contributed by atoms with E-state index in [9.17, 15) is 4.79 Å². The van der Waals surface area contributed by atoms with Gasteiger partial charge in [-0.25, -0.2) is 4.98 Å². The van der Waals surface area contributed by atoms with Gasteiger partial charge in [-0.1, -0.05) is 56.3 Å². The van der Waals surface area contributed by atoms with Crippen LogP contribution in [-0.4, -0.2) is 10.9 Å². The molecule has 140 valence electrons. The molecule has 1 heterocycles. The third-order valence-electron chi connectivity index (χ3n) is 4.68. The highest BCUT2D eigenvalue weighted by Crippen LogP contribution is 2.28. The lowest BCUT2D eigenvalue weighted by Gasteiger charge is -2.06. The van der Waals surface area contributed by atoms with Crippen LogP contribution in [0, 0.1) is 0 Å². The molecule has 0 fully saturated rings. The number of nitrogens with one attached hydrogen (secondary N) is 1. The van der Waals surface area contributed by atoms with E-state index < -0.39 is 0 Å². The summed E-state index contributed by atoms with van der Waals surface area (Å²) in [7, 11) is 0. The molecule has 0 saturated carbocycles. The third kappa shape index (κ3) is 3.96. The zero-order valence-corrected chi connectivity index (χ0v) is 16.0. The van der Waals surface area contributed by atoms with Crippen LogP contribution in [0.2, 0.25) is 0 Å². The van der Waals surface area contributed by atoms with Gasteiger partial charge in [-0.15, -0.1) is 0 Å². The first-order valence-electron chi connectivity index (χ1n) is 9.43. The maximum absolute atomic E-state index is 12.3. The SMILES string of the molecule is CC(C)c1ccc2oc(-c3cccc(NC(=O)Cc4ccccc4)c3)nc2c1. The van der Waals surface area contributed by atoms with Crippen LogP contribution in [0.25, 0.3) is 22.6 Å². The fourth-order valence-corrected chi connectivity index (χ4v) is 3.14. The van der Waals surface area contributed by atoms with E-state index >= 15 is 0 Å². The molecule has 4 nitrogen and oxygen atoms in total. The summed E-state index contributed by atoms with van der Waals surface area (Å²) < 4.78 is 5.92. The number of amides is 1. The summed E-state index contributed by atoms with van der Waals surface area (Å²) in [6.45, 7) is 4.31. The minimum atomic E-state index is -0.0532. The van der Waals surface area contributed by atoms with E-state index in [1.54, 1.807) is 0 Å². The van der Waals surface area contributed by atoms with Crippen molar-refractivity contribution in [2.75, 3.05) is 5.32 Å². The Labute approximate surface area is 164 Å². The highest BCUT2D eigenvalue weighted by molar-refractivity contribution is 5.92. The Hall–Kier alpha value is -3.40. The van der Waals surface area contributed by atoms with Crippen molar-refractivity contribution < 1.29 is 9.21 Å². The Kier molecular flexibility index (Phi) is 4.94. The van der Waals surface area contributed by atoms with E-state index in [0.717, 1.165) is 27.9 Å². The Morgan fingerprint density at radius 1 is 1.00 bits per heavy atom. The zero-order valence-electron chi connectivity index (χ0n) is 16.0. The molecular formula is C24H22N2O2. The van der Waals surface area contributed by atoms with Crippen LogP contribution in [0.1, 0.15) is 30.9 Å². The van der Waals surface area contributed by atoms with Gasteiger partial charge in [-0.05, 0) is 47.4 Å². The highest BCUT2D eigenvalue weighted by atomic mass is 16.3. The van der Waals surface area contributed by atoms with Crippen molar-refractivity contribution in [2.45, 2.75) is 26.2 Å². The van der Waals surface area contributed by atoms with Gasteiger partial charge in [-0.2, -0.15) is 0 Å². The molecular weight excluding hydrogens is 348 g/mol. The molecule has 3 aromatic carbocycles. The minimum absolute atomic E-state index is 0.0532. The topological polar surface area (TPSA) is 55.1 Å². The normalized spacial score (nSPS) is 11.1. The fraction of sp³-hybridized carbons (Fsp3) is 0.167. The average Bonchev–Trinajstić information content (AvgIpc) is 3.12. The molecule has 0 unspecified atom stereocenters. The molecule has 0 bridgehead atoms. The third-order valence-corrected chi connectivity index (χ3v) is 4.68. The lowest BCUT2D eigenvalue weighted by atomic mass is 10.0. The molecule has 4 aromatic rings. The van der Waals surface area contributed by atoms with E-state index in [2.05, 4.69) is 36.3 Å². The Morgan fingerprint density at radius 2 is 1.82 bits per heavy atom. The number of carbonyl (C=O) groups is 1. The summed E-state index contributed by atoms with van der Waals surface area (Å²) in [6.07, 6.45) is 0.339. The predicted molar refractivity (Wildman–Crippen MR) is 112 cm³/mol. The molecule has 28 heavy (non-hydrogen) atoms. The summed E-state index contributed by atoms with van der Waals surface area (Å²) in [5, 5.41) is 2.95. The summed E-state index contributed by atoms with van der Waals surface area (Å²) in [5.74, 6) is 0.935. The summed E-state index contributed by atoms with van der Waals surface area (Å²) in [4.78, 5) is 17.0. The lowest BCUT2D eigenvalue weighted by molar-refractivity contribution is -0.115. The molecule has 0 radical (unpaired) electrons. The number of benzene rings is 3. The van der Waals surface area contributed by atoms with Gasteiger partial charge in [0.2, 0.25) is 11.8 Å². The Bertz CT molecular complexity index is 1110. The van der Waals surface area contributed by atoms with Crippen LogP contribution in [0.3, 0.4) is 0 Å². The number of oxazole rings is 1. The summed E-state index contributed by atoms with van der Waals surface area (Å²) in [6, 6.07) is 23.4. The van der Waals surface area contributed by atoms with Gasteiger partial charge in [0.15, 0.2) is 5.58 Å². The van der Waals surface area contributed by atoms with Crippen molar-refractivity contribution >= 4 is 22.7 Å². The van der Waals surface area contributed by atoms with E-state index in [-0.39, 0.29) is 5.91 Å². The summed E-state index contributed by atoms with van der Waals surface area (Å²) in [5.41, 5.74) is 5.38. The van der Waals surface area contributed by atoms with Crippen LogP contribution in [0.15, 0.2) is 77.2 Å². The molecule has 1 amide bonds. The van der Waals surface area contributed by atoms with Gasteiger partial charge < -0.3 is 9.73 Å². The number of fused-ring (bicyclic) bond motifs is 1. The highest BCUT2D eigenvalue weighted by Gasteiger charge is 2.11. The Morgan fingerprint density at radius 3 is 2.61 bits per heavy atom. The molecule has 0 atom stereocenters. The molecule has 4 heteroatoms. The van der Waals surface area contributed by atoms with Crippen molar-refractivity contribution in [3.8, 4) is 11.5 Å².